The first-order valence-electron chi connectivity index (χ1n) is 9.90. The zero-order valence-electron chi connectivity index (χ0n) is 17.3. The fraction of sp³-hybridized carbons (Fsp3) is 0.476. The molecule has 9 heteroatoms. The van der Waals surface area contributed by atoms with Crippen LogP contribution in [0.1, 0.15) is 48.3 Å². The lowest BCUT2D eigenvalue weighted by Crippen LogP contribution is -2.63. The summed E-state index contributed by atoms with van der Waals surface area (Å²) in [5.74, 6) is -1.00. The number of urea groups is 1. The summed E-state index contributed by atoms with van der Waals surface area (Å²) in [6, 6.07) is 4.19. The molecule has 1 aromatic carbocycles. The number of rotatable bonds is 3. The van der Waals surface area contributed by atoms with Gasteiger partial charge in [0.2, 0.25) is 0 Å². The van der Waals surface area contributed by atoms with E-state index >= 15 is 0 Å². The lowest BCUT2D eigenvalue weighted by Gasteiger charge is -2.49. The van der Waals surface area contributed by atoms with Gasteiger partial charge in [-0.25, -0.2) is 13.6 Å². The molecule has 0 saturated heterocycles. The van der Waals surface area contributed by atoms with Crippen molar-refractivity contribution in [1.29, 1.82) is 0 Å². The number of carbonyl (C=O) groups excluding carboxylic acids is 2. The number of alkyl halides is 1. The summed E-state index contributed by atoms with van der Waals surface area (Å²) in [5.41, 5.74) is 5.97. The van der Waals surface area contributed by atoms with E-state index in [0.29, 0.717) is 35.6 Å². The second kappa shape index (κ2) is 6.78. The Balaban J connectivity index is 1.60. The minimum atomic E-state index is -1.26. The summed E-state index contributed by atoms with van der Waals surface area (Å²) in [6.07, 6.45) is 0.524. The molecule has 2 aliphatic rings. The Morgan fingerprint density at radius 3 is 2.53 bits per heavy atom. The molecule has 0 atom stereocenters. The zero-order chi connectivity index (χ0) is 21.8. The van der Waals surface area contributed by atoms with Gasteiger partial charge in [0.1, 0.15) is 17.2 Å². The van der Waals surface area contributed by atoms with E-state index < -0.39 is 17.1 Å². The van der Waals surface area contributed by atoms with Crippen molar-refractivity contribution in [3.8, 4) is 11.3 Å². The highest BCUT2D eigenvalue weighted by Gasteiger charge is 2.50. The molecule has 3 amide bonds. The maximum Gasteiger partial charge on any atom is 0.318 e. The first kappa shape index (κ1) is 20.3. The molecule has 1 aromatic heterocycles. The number of carbonyl (C=O) groups is 2. The number of aromatic nitrogens is 2. The minimum absolute atomic E-state index is 0.153. The van der Waals surface area contributed by atoms with Crippen LogP contribution in [-0.2, 0) is 13.1 Å². The van der Waals surface area contributed by atoms with Crippen molar-refractivity contribution in [3.63, 3.8) is 0 Å². The quantitative estimate of drug-likeness (QED) is 0.804. The van der Waals surface area contributed by atoms with Gasteiger partial charge in [0, 0.05) is 30.5 Å². The predicted molar refractivity (Wildman–Crippen MR) is 107 cm³/mol. The van der Waals surface area contributed by atoms with E-state index in [4.69, 9.17) is 5.73 Å². The molecule has 1 aliphatic carbocycles. The molecular formula is C21H25F2N5O2. The molecule has 4 rings (SSSR count). The Bertz CT molecular complexity index is 1040. The van der Waals surface area contributed by atoms with Gasteiger partial charge in [-0.1, -0.05) is 0 Å². The second-order valence-electron chi connectivity index (χ2n) is 8.90. The van der Waals surface area contributed by atoms with Gasteiger partial charge in [0.05, 0.1) is 24.3 Å². The van der Waals surface area contributed by atoms with Crippen LogP contribution in [0.5, 0.6) is 0 Å². The summed E-state index contributed by atoms with van der Waals surface area (Å²) in [6.45, 7) is 5.92. The topological polar surface area (TPSA) is 93.2 Å². The van der Waals surface area contributed by atoms with Crippen LogP contribution in [0.3, 0.4) is 0 Å². The zero-order valence-corrected chi connectivity index (χ0v) is 17.3. The monoisotopic (exact) mass is 417 g/mol. The number of aryl methyl sites for hydroxylation is 1. The predicted octanol–water partition coefficient (Wildman–Crippen LogP) is 2.90. The van der Waals surface area contributed by atoms with Gasteiger partial charge < -0.3 is 16.0 Å². The number of primary amides is 1. The molecule has 7 nitrogen and oxygen atoms in total. The van der Waals surface area contributed by atoms with E-state index in [1.807, 2.05) is 6.92 Å². The van der Waals surface area contributed by atoms with E-state index in [9.17, 15) is 18.4 Å². The van der Waals surface area contributed by atoms with Gasteiger partial charge in [0.15, 0.2) is 0 Å². The number of amides is 3. The highest BCUT2D eigenvalue weighted by Crippen LogP contribution is 2.43. The molecule has 0 spiro atoms. The number of fused-ring (bicyclic) bond motifs is 1. The largest absolute Gasteiger partial charge is 0.365 e. The summed E-state index contributed by atoms with van der Waals surface area (Å²) < 4.78 is 29.2. The molecule has 0 radical (unpaired) electrons. The van der Waals surface area contributed by atoms with Gasteiger partial charge >= 0.3 is 6.03 Å². The third-order valence-electron chi connectivity index (χ3n) is 5.87. The van der Waals surface area contributed by atoms with Gasteiger partial charge in [0.25, 0.3) is 5.91 Å². The number of halogens is 2. The van der Waals surface area contributed by atoms with Crippen molar-refractivity contribution >= 4 is 11.9 Å². The molecule has 2 aromatic rings. The lowest BCUT2D eigenvalue weighted by atomic mass is 9.68. The molecule has 30 heavy (non-hydrogen) atoms. The number of nitrogens with zero attached hydrogens (tertiary/aromatic N) is 3. The number of nitrogens with one attached hydrogen (secondary N) is 1. The van der Waals surface area contributed by atoms with E-state index in [2.05, 4.69) is 10.4 Å². The summed E-state index contributed by atoms with van der Waals surface area (Å²) in [4.78, 5) is 26.6. The lowest BCUT2D eigenvalue weighted by molar-refractivity contribution is -0.00414. The standard InChI is InChI=1S/C21H25F2N5O2/c1-12-8-13(4-5-14(12)22)17-16(18(24)29)15-9-27(6-7-28(15)26-17)19(30)25-21(3)10-20(2,23)11-21/h4-5,8H,6-7,9-11H2,1-3H3,(H2,24,29)(H,25,30). The number of hydrogen-bond acceptors (Lipinski definition) is 3. The Hall–Kier alpha value is -2.97. The van der Waals surface area contributed by atoms with Crippen LogP contribution < -0.4 is 11.1 Å². The molecular weight excluding hydrogens is 392 g/mol. The van der Waals surface area contributed by atoms with Crippen LogP contribution in [0.25, 0.3) is 11.3 Å². The van der Waals surface area contributed by atoms with Crippen LogP contribution in [0.4, 0.5) is 13.6 Å². The molecule has 1 fully saturated rings. The molecule has 1 aliphatic heterocycles. The average Bonchev–Trinajstić information content (AvgIpc) is 3.00. The third-order valence-corrected chi connectivity index (χ3v) is 5.87. The first-order chi connectivity index (χ1) is 14.0. The Morgan fingerprint density at radius 1 is 1.23 bits per heavy atom. The summed E-state index contributed by atoms with van der Waals surface area (Å²) in [7, 11) is 0. The first-order valence-corrected chi connectivity index (χ1v) is 9.90. The number of hydrogen-bond donors (Lipinski definition) is 2. The van der Waals surface area contributed by atoms with Crippen molar-refractivity contribution in [2.75, 3.05) is 6.54 Å². The fourth-order valence-corrected chi connectivity index (χ4v) is 4.74. The molecule has 160 valence electrons. The van der Waals surface area contributed by atoms with Crippen LogP contribution in [0.2, 0.25) is 0 Å². The van der Waals surface area contributed by atoms with Crippen LogP contribution >= 0.6 is 0 Å². The van der Waals surface area contributed by atoms with E-state index in [1.165, 1.54) is 13.0 Å². The Morgan fingerprint density at radius 2 is 1.93 bits per heavy atom. The third kappa shape index (κ3) is 3.53. The SMILES string of the molecule is Cc1cc(-c2nn3c(c2C(N)=O)CN(C(=O)NC2(C)CC(C)(F)C2)CC3)ccc1F. The van der Waals surface area contributed by atoms with Crippen molar-refractivity contribution in [3.05, 3.63) is 40.8 Å². The fourth-order valence-electron chi connectivity index (χ4n) is 4.74. The summed E-state index contributed by atoms with van der Waals surface area (Å²) in [5, 5.41) is 7.42. The average molecular weight is 417 g/mol. The maximum atomic E-state index is 13.9. The van der Waals surface area contributed by atoms with Gasteiger partial charge in [-0.15, -0.1) is 0 Å². The number of nitrogens with two attached hydrogens (primary N) is 1. The van der Waals surface area contributed by atoms with Crippen LogP contribution in [0, 0.1) is 12.7 Å². The van der Waals surface area contributed by atoms with Gasteiger partial charge in [-0.05, 0) is 44.5 Å². The van der Waals surface area contributed by atoms with Crippen molar-refractivity contribution in [1.82, 2.24) is 20.0 Å². The van der Waals surface area contributed by atoms with E-state index in [1.54, 1.807) is 28.6 Å². The van der Waals surface area contributed by atoms with Crippen molar-refractivity contribution in [2.45, 2.75) is 57.9 Å². The molecule has 3 N–H and O–H groups in total. The molecule has 0 unspecified atom stereocenters. The second-order valence-corrected chi connectivity index (χ2v) is 8.90. The summed E-state index contributed by atoms with van der Waals surface area (Å²) >= 11 is 0. The van der Waals surface area contributed by atoms with Crippen molar-refractivity contribution in [2.24, 2.45) is 5.73 Å². The highest BCUT2D eigenvalue weighted by molar-refractivity contribution is 6.00. The highest BCUT2D eigenvalue weighted by atomic mass is 19.1. The van der Waals surface area contributed by atoms with E-state index in [-0.39, 0.29) is 36.8 Å². The van der Waals surface area contributed by atoms with Gasteiger partial charge in [-0.2, -0.15) is 5.10 Å². The Labute approximate surface area is 173 Å². The van der Waals surface area contributed by atoms with Crippen LogP contribution in [-0.4, -0.2) is 44.4 Å². The smallest absolute Gasteiger partial charge is 0.318 e. The van der Waals surface area contributed by atoms with Gasteiger partial charge in [-0.3, -0.25) is 9.48 Å². The normalized spacial score (nSPS) is 25.4. The Kier molecular flexibility index (Phi) is 4.59. The molecule has 2 heterocycles. The minimum Gasteiger partial charge on any atom is -0.365 e. The van der Waals surface area contributed by atoms with Crippen LogP contribution in [0.15, 0.2) is 18.2 Å². The molecule has 0 bridgehead atoms. The maximum absolute atomic E-state index is 13.9. The van der Waals surface area contributed by atoms with E-state index in [0.717, 1.165) is 0 Å². The number of benzene rings is 1. The molecule has 1 saturated carbocycles. The van der Waals surface area contributed by atoms with Crippen molar-refractivity contribution < 1.29 is 18.4 Å².